The molecule has 0 aromatic heterocycles. The van der Waals surface area contributed by atoms with Gasteiger partial charge in [0.05, 0.1) is 5.69 Å². The smallest absolute Gasteiger partial charge is 0.123 e. The summed E-state index contributed by atoms with van der Waals surface area (Å²) in [6, 6.07) is 77.0. The van der Waals surface area contributed by atoms with Crippen LogP contribution in [0.3, 0.4) is 0 Å². The number of rotatable bonds is 6. The van der Waals surface area contributed by atoms with Gasteiger partial charge in [-0.1, -0.05) is 158 Å². The predicted octanol–water partition coefficient (Wildman–Crippen LogP) is 16.1. The molecule has 0 bridgehead atoms. The van der Waals surface area contributed by atoms with Gasteiger partial charge in [0.25, 0.3) is 0 Å². The van der Waals surface area contributed by atoms with Gasteiger partial charge in [0.2, 0.25) is 0 Å². The minimum Gasteiger partial charge on any atom is -0.310 e. The standard InChI is InChI=1S/C56H36FN/c57-46-27-31-48(32-28-46)58(54-19-9-15-40-12-5-6-16-49(40)54)47-29-24-39(25-30-47)43-26-33-52-53(36-43)56(45-23-21-38-11-2-4-14-42(38)35-45)51-18-8-7-17-50(51)55(52)44-22-20-37-10-1-3-13-41(37)34-44/h1-36H. The summed E-state index contributed by atoms with van der Waals surface area (Å²) >= 11 is 0. The molecule has 0 amide bonds. The van der Waals surface area contributed by atoms with E-state index in [0.29, 0.717) is 0 Å². The lowest BCUT2D eigenvalue weighted by atomic mass is 9.84. The van der Waals surface area contributed by atoms with Crippen molar-refractivity contribution in [1.29, 1.82) is 0 Å². The molecule has 0 radical (unpaired) electrons. The SMILES string of the molecule is Fc1ccc(N(c2ccc(-c3ccc4c(-c5ccc6ccccc6c5)c5ccccc5c(-c5ccc6ccccc6c5)c4c3)cc2)c2cccc3ccccc23)cc1. The van der Waals surface area contributed by atoms with Crippen molar-refractivity contribution in [1.82, 2.24) is 0 Å². The first-order chi connectivity index (χ1) is 28.7. The quantitative estimate of drug-likeness (QED) is 0.153. The zero-order valence-corrected chi connectivity index (χ0v) is 31.6. The summed E-state index contributed by atoms with van der Waals surface area (Å²) in [6.07, 6.45) is 0. The van der Waals surface area contributed by atoms with Gasteiger partial charge in [0, 0.05) is 16.8 Å². The van der Waals surface area contributed by atoms with Crippen molar-refractivity contribution >= 4 is 70.9 Å². The molecule has 11 aromatic rings. The number of hydrogen-bond acceptors (Lipinski definition) is 1. The molecular formula is C56H36FN. The van der Waals surface area contributed by atoms with Crippen LogP contribution in [0.2, 0.25) is 0 Å². The Morgan fingerprint density at radius 3 is 1.34 bits per heavy atom. The lowest BCUT2D eigenvalue weighted by molar-refractivity contribution is 0.628. The van der Waals surface area contributed by atoms with Crippen molar-refractivity contribution in [2.75, 3.05) is 4.90 Å². The predicted molar refractivity (Wildman–Crippen MR) is 245 cm³/mol. The van der Waals surface area contributed by atoms with E-state index in [1.54, 1.807) is 0 Å². The average molecular weight is 742 g/mol. The van der Waals surface area contributed by atoms with Crippen LogP contribution in [-0.4, -0.2) is 0 Å². The van der Waals surface area contributed by atoms with Crippen LogP contribution in [0.5, 0.6) is 0 Å². The van der Waals surface area contributed by atoms with E-state index in [-0.39, 0.29) is 5.82 Å². The van der Waals surface area contributed by atoms with Crippen LogP contribution < -0.4 is 4.90 Å². The summed E-state index contributed by atoms with van der Waals surface area (Å²) in [6.45, 7) is 0. The van der Waals surface area contributed by atoms with Crippen LogP contribution >= 0.6 is 0 Å². The first-order valence-electron chi connectivity index (χ1n) is 19.8. The summed E-state index contributed by atoms with van der Waals surface area (Å²) in [7, 11) is 0. The summed E-state index contributed by atoms with van der Waals surface area (Å²) < 4.78 is 14.2. The Balaban J connectivity index is 1.11. The van der Waals surface area contributed by atoms with Crippen LogP contribution in [0.4, 0.5) is 21.5 Å². The van der Waals surface area contributed by atoms with Crippen molar-refractivity contribution in [3.8, 4) is 33.4 Å². The maximum atomic E-state index is 14.2. The number of halogens is 1. The van der Waals surface area contributed by atoms with Gasteiger partial charge in [0.15, 0.2) is 0 Å². The molecule has 0 aliphatic carbocycles. The highest BCUT2D eigenvalue weighted by molar-refractivity contribution is 6.22. The summed E-state index contributed by atoms with van der Waals surface area (Å²) in [4.78, 5) is 2.21. The zero-order valence-electron chi connectivity index (χ0n) is 31.6. The van der Waals surface area contributed by atoms with Gasteiger partial charge in [-0.25, -0.2) is 4.39 Å². The molecule has 1 nitrogen and oxygen atoms in total. The van der Waals surface area contributed by atoms with E-state index >= 15 is 0 Å². The van der Waals surface area contributed by atoms with Gasteiger partial charge in [-0.3, -0.25) is 0 Å². The molecule has 0 aliphatic rings. The Morgan fingerprint density at radius 1 is 0.276 bits per heavy atom. The molecule has 0 N–H and O–H groups in total. The highest BCUT2D eigenvalue weighted by Gasteiger charge is 2.19. The average Bonchev–Trinajstić information content (AvgIpc) is 3.28. The summed E-state index contributed by atoms with van der Waals surface area (Å²) in [5.41, 5.74) is 10.1. The van der Waals surface area contributed by atoms with E-state index < -0.39 is 0 Å². The second kappa shape index (κ2) is 13.9. The Labute approximate surface area is 336 Å². The van der Waals surface area contributed by atoms with Crippen LogP contribution in [0.15, 0.2) is 218 Å². The van der Waals surface area contributed by atoms with Crippen molar-refractivity contribution in [2.24, 2.45) is 0 Å². The van der Waals surface area contributed by atoms with Gasteiger partial charge in [-0.15, -0.1) is 0 Å². The number of hydrogen-bond donors (Lipinski definition) is 0. The van der Waals surface area contributed by atoms with E-state index in [2.05, 4.69) is 199 Å². The third-order valence-corrected chi connectivity index (χ3v) is 11.7. The van der Waals surface area contributed by atoms with E-state index in [4.69, 9.17) is 0 Å². The lowest BCUT2D eigenvalue weighted by Crippen LogP contribution is -2.10. The Bertz CT molecular complexity index is 3340. The molecule has 0 unspecified atom stereocenters. The second-order valence-electron chi connectivity index (χ2n) is 15.0. The summed E-state index contributed by atoms with van der Waals surface area (Å²) in [5.74, 6) is -0.257. The van der Waals surface area contributed by atoms with Crippen LogP contribution in [0.25, 0.3) is 87.2 Å². The fourth-order valence-corrected chi connectivity index (χ4v) is 8.89. The fourth-order valence-electron chi connectivity index (χ4n) is 8.89. The molecule has 11 rings (SSSR count). The number of benzene rings is 11. The van der Waals surface area contributed by atoms with Crippen LogP contribution in [0, 0.1) is 5.82 Å². The van der Waals surface area contributed by atoms with E-state index in [9.17, 15) is 4.39 Å². The molecule has 0 atom stereocenters. The van der Waals surface area contributed by atoms with Crippen molar-refractivity contribution in [3.63, 3.8) is 0 Å². The maximum Gasteiger partial charge on any atom is 0.123 e. The minimum absolute atomic E-state index is 0.257. The highest BCUT2D eigenvalue weighted by atomic mass is 19.1. The van der Waals surface area contributed by atoms with Crippen molar-refractivity contribution < 1.29 is 4.39 Å². The molecule has 0 heterocycles. The number of anilines is 3. The highest BCUT2D eigenvalue weighted by Crippen LogP contribution is 2.46. The van der Waals surface area contributed by atoms with E-state index in [1.165, 1.54) is 77.5 Å². The largest absolute Gasteiger partial charge is 0.310 e. The van der Waals surface area contributed by atoms with Gasteiger partial charge >= 0.3 is 0 Å². The fraction of sp³-hybridized carbons (Fsp3) is 0. The molecule has 0 saturated heterocycles. The second-order valence-corrected chi connectivity index (χ2v) is 15.0. The molecule has 272 valence electrons. The Kier molecular flexibility index (Phi) is 8.08. The van der Waals surface area contributed by atoms with Crippen molar-refractivity contribution in [2.45, 2.75) is 0 Å². The van der Waals surface area contributed by atoms with Gasteiger partial charge in [-0.05, 0) is 143 Å². The normalized spacial score (nSPS) is 11.5. The third-order valence-electron chi connectivity index (χ3n) is 11.7. The molecule has 0 aliphatic heterocycles. The van der Waals surface area contributed by atoms with Gasteiger partial charge in [0.1, 0.15) is 5.82 Å². The van der Waals surface area contributed by atoms with Crippen molar-refractivity contribution in [3.05, 3.63) is 224 Å². The molecular weight excluding hydrogens is 706 g/mol. The Hall–Kier alpha value is -7.55. The van der Waals surface area contributed by atoms with Gasteiger partial charge in [-0.2, -0.15) is 0 Å². The molecule has 0 spiro atoms. The first kappa shape index (κ1) is 33.8. The maximum absolute atomic E-state index is 14.2. The zero-order chi connectivity index (χ0) is 38.6. The van der Waals surface area contributed by atoms with Crippen LogP contribution in [0.1, 0.15) is 0 Å². The van der Waals surface area contributed by atoms with Gasteiger partial charge < -0.3 is 4.90 Å². The minimum atomic E-state index is -0.257. The molecule has 58 heavy (non-hydrogen) atoms. The number of nitrogens with zero attached hydrogens (tertiary/aromatic N) is 1. The Morgan fingerprint density at radius 2 is 0.724 bits per heavy atom. The molecule has 2 heteroatoms. The summed E-state index contributed by atoms with van der Waals surface area (Å²) in [5, 5.41) is 12.1. The lowest BCUT2D eigenvalue weighted by Gasteiger charge is -2.27. The topological polar surface area (TPSA) is 3.24 Å². The van der Waals surface area contributed by atoms with E-state index in [1.807, 2.05) is 12.1 Å². The monoisotopic (exact) mass is 741 g/mol. The molecule has 11 aromatic carbocycles. The molecule has 0 fully saturated rings. The third kappa shape index (κ3) is 5.77. The first-order valence-corrected chi connectivity index (χ1v) is 19.8. The number of fused-ring (bicyclic) bond motifs is 5. The van der Waals surface area contributed by atoms with E-state index in [0.717, 1.165) is 39.0 Å². The van der Waals surface area contributed by atoms with Crippen LogP contribution in [-0.2, 0) is 0 Å². The molecule has 0 saturated carbocycles.